The molecule has 3 aromatic rings. The van der Waals surface area contributed by atoms with Crippen molar-refractivity contribution in [2.24, 2.45) is 0 Å². The highest BCUT2D eigenvalue weighted by Gasteiger charge is 2.28. The average molecular weight is 478 g/mol. The molecule has 0 aliphatic heterocycles. The number of carbonyl (C=O) groups excluding carboxylic acids is 2. The topological polar surface area (TPSA) is 118 Å². The Balaban J connectivity index is 1.19. The molecular formula is C25H23N3O5S. The van der Waals surface area contributed by atoms with Gasteiger partial charge in [-0.05, 0) is 22.3 Å². The first kappa shape index (κ1) is 23.2. The van der Waals surface area contributed by atoms with Crippen LogP contribution in [-0.2, 0) is 27.3 Å². The third kappa shape index (κ3) is 5.68. The van der Waals surface area contributed by atoms with Crippen molar-refractivity contribution in [1.29, 1.82) is 0 Å². The van der Waals surface area contributed by atoms with Gasteiger partial charge in [0, 0.05) is 23.9 Å². The molecule has 9 heteroatoms. The molecule has 174 valence electrons. The Morgan fingerprint density at radius 1 is 1.03 bits per heavy atom. The van der Waals surface area contributed by atoms with Crippen molar-refractivity contribution in [2.45, 2.75) is 18.9 Å². The van der Waals surface area contributed by atoms with Gasteiger partial charge in [0.1, 0.15) is 11.6 Å². The molecule has 0 unspecified atom stereocenters. The number of aromatic nitrogens is 1. The Kier molecular flexibility index (Phi) is 7.34. The van der Waals surface area contributed by atoms with Crippen molar-refractivity contribution in [3.05, 3.63) is 87.9 Å². The largest absolute Gasteiger partial charge is 0.481 e. The monoisotopic (exact) mass is 477 g/mol. The lowest BCUT2D eigenvalue weighted by Gasteiger charge is -2.14. The summed E-state index contributed by atoms with van der Waals surface area (Å²) in [6.45, 7) is 0.569. The fraction of sp³-hybridized carbons (Fsp3) is 0.200. The Labute approximate surface area is 200 Å². The highest BCUT2D eigenvalue weighted by atomic mass is 32.1. The van der Waals surface area contributed by atoms with Crippen molar-refractivity contribution in [1.82, 2.24) is 15.6 Å². The molecule has 0 spiro atoms. The predicted octanol–water partition coefficient (Wildman–Crippen LogP) is 3.48. The van der Waals surface area contributed by atoms with E-state index in [1.165, 1.54) is 23.5 Å². The molecule has 2 aromatic carbocycles. The standard InChI is InChI=1S/C25H23N3O5S/c29-22(27-13-23-28-16(15-34-23)12-24(30)31)10-5-11-26-25(32)33-14-21-19-8-3-1-6-17(19)18-7-2-4-9-20(18)21/h1-10,15,21H,11-14H2,(H,26,32)(H,27,29)(H,30,31)/b10-5+. The molecule has 34 heavy (non-hydrogen) atoms. The third-order valence-corrected chi connectivity index (χ3v) is 6.22. The van der Waals surface area contributed by atoms with Crippen LogP contribution < -0.4 is 10.6 Å². The normalized spacial score (nSPS) is 12.2. The Morgan fingerprint density at radius 2 is 1.71 bits per heavy atom. The van der Waals surface area contributed by atoms with Crippen LogP contribution in [0.3, 0.4) is 0 Å². The number of ether oxygens (including phenoxy) is 1. The van der Waals surface area contributed by atoms with Crippen LogP contribution in [0, 0.1) is 0 Å². The van der Waals surface area contributed by atoms with E-state index in [0.717, 1.165) is 22.3 Å². The van der Waals surface area contributed by atoms with E-state index in [0.29, 0.717) is 10.7 Å². The number of alkyl carbamates (subject to hydrolysis) is 1. The number of rotatable bonds is 9. The molecule has 0 atom stereocenters. The maximum atomic E-state index is 12.1. The SMILES string of the molecule is O=C(O)Cc1csc(CNC(=O)/C=C/CNC(=O)OCC2c3ccccc3-c3ccccc32)n1. The number of thiazole rings is 1. The zero-order chi connectivity index (χ0) is 23.9. The third-order valence-electron chi connectivity index (χ3n) is 5.32. The van der Waals surface area contributed by atoms with Gasteiger partial charge in [0.2, 0.25) is 5.91 Å². The predicted molar refractivity (Wildman–Crippen MR) is 128 cm³/mol. The van der Waals surface area contributed by atoms with E-state index in [-0.39, 0.29) is 37.9 Å². The summed E-state index contributed by atoms with van der Waals surface area (Å²) in [5, 5.41) is 16.3. The number of carboxylic acid groups (broad SMARTS) is 1. The number of nitrogens with zero attached hydrogens (tertiary/aromatic N) is 1. The van der Waals surface area contributed by atoms with Gasteiger partial charge in [-0.1, -0.05) is 54.6 Å². The molecular weight excluding hydrogens is 454 g/mol. The first-order valence-electron chi connectivity index (χ1n) is 10.7. The summed E-state index contributed by atoms with van der Waals surface area (Å²) in [4.78, 5) is 38.9. The molecule has 1 aliphatic carbocycles. The zero-order valence-corrected chi connectivity index (χ0v) is 19.0. The van der Waals surface area contributed by atoms with Crippen molar-refractivity contribution < 1.29 is 24.2 Å². The Morgan fingerprint density at radius 3 is 2.38 bits per heavy atom. The van der Waals surface area contributed by atoms with E-state index >= 15 is 0 Å². The summed E-state index contributed by atoms with van der Waals surface area (Å²) in [6, 6.07) is 16.2. The van der Waals surface area contributed by atoms with Crippen LogP contribution in [0.1, 0.15) is 27.7 Å². The summed E-state index contributed by atoms with van der Waals surface area (Å²) >= 11 is 1.29. The number of aliphatic carboxylic acids is 1. The summed E-state index contributed by atoms with van der Waals surface area (Å²) in [7, 11) is 0. The van der Waals surface area contributed by atoms with Crippen molar-refractivity contribution >= 4 is 29.3 Å². The van der Waals surface area contributed by atoms with Crippen LogP contribution in [0.4, 0.5) is 4.79 Å². The quantitative estimate of drug-likeness (QED) is 0.406. The fourth-order valence-electron chi connectivity index (χ4n) is 3.85. The molecule has 3 N–H and O–H groups in total. The van der Waals surface area contributed by atoms with Crippen LogP contribution in [0.15, 0.2) is 66.1 Å². The molecule has 0 saturated carbocycles. The van der Waals surface area contributed by atoms with E-state index in [9.17, 15) is 14.4 Å². The van der Waals surface area contributed by atoms with Gasteiger partial charge in [0.15, 0.2) is 0 Å². The second kappa shape index (κ2) is 10.8. The maximum Gasteiger partial charge on any atom is 0.407 e. The summed E-state index contributed by atoms with van der Waals surface area (Å²) < 4.78 is 5.45. The molecule has 0 bridgehead atoms. The molecule has 0 fully saturated rings. The first-order valence-corrected chi connectivity index (χ1v) is 11.6. The lowest BCUT2D eigenvalue weighted by atomic mass is 9.98. The van der Waals surface area contributed by atoms with Gasteiger partial charge in [-0.2, -0.15) is 0 Å². The van der Waals surface area contributed by atoms with Gasteiger partial charge >= 0.3 is 12.1 Å². The van der Waals surface area contributed by atoms with Crippen LogP contribution in [0.25, 0.3) is 11.1 Å². The van der Waals surface area contributed by atoms with E-state index in [1.54, 1.807) is 5.38 Å². The Hall–Kier alpha value is -3.98. The van der Waals surface area contributed by atoms with Crippen LogP contribution in [0.5, 0.6) is 0 Å². The van der Waals surface area contributed by atoms with Gasteiger partial charge < -0.3 is 20.5 Å². The molecule has 4 rings (SSSR count). The van der Waals surface area contributed by atoms with Crippen molar-refractivity contribution in [3.63, 3.8) is 0 Å². The molecule has 2 amide bonds. The number of amides is 2. The second-order valence-electron chi connectivity index (χ2n) is 7.63. The van der Waals surface area contributed by atoms with Crippen LogP contribution in [0.2, 0.25) is 0 Å². The molecule has 1 heterocycles. The summed E-state index contributed by atoms with van der Waals surface area (Å²) in [5.74, 6) is -1.31. The highest BCUT2D eigenvalue weighted by molar-refractivity contribution is 7.09. The lowest BCUT2D eigenvalue weighted by Crippen LogP contribution is -2.26. The Bertz CT molecular complexity index is 1190. The number of carboxylic acids is 1. The number of nitrogens with one attached hydrogen (secondary N) is 2. The smallest absolute Gasteiger partial charge is 0.407 e. The van der Waals surface area contributed by atoms with Gasteiger partial charge in [-0.15, -0.1) is 11.3 Å². The molecule has 8 nitrogen and oxygen atoms in total. The second-order valence-corrected chi connectivity index (χ2v) is 8.57. The summed E-state index contributed by atoms with van der Waals surface area (Å²) in [5.41, 5.74) is 5.07. The van der Waals surface area contributed by atoms with Gasteiger partial charge in [0.25, 0.3) is 0 Å². The zero-order valence-electron chi connectivity index (χ0n) is 18.2. The van der Waals surface area contributed by atoms with Crippen LogP contribution in [-0.4, -0.2) is 41.2 Å². The number of hydrogen-bond acceptors (Lipinski definition) is 6. The maximum absolute atomic E-state index is 12.1. The van der Waals surface area contributed by atoms with E-state index in [1.807, 2.05) is 24.3 Å². The molecule has 1 aliphatic rings. The van der Waals surface area contributed by atoms with Crippen molar-refractivity contribution in [3.8, 4) is 11.1 Å². The van der Waals surface area contributed by atoms with E-state index in [4.69, 9.17) is 9.84 Å². The van der Waals surface area contributed by atoms with Crippen LogP contribution >= 0.6 is 11.3 Å². The minimum Gasteiger partial charge on any atom is -0.481 e. The molecule has 0 saturated heterocycles. The number of hydrogen-bond donors (Lipinski definition) is 3. The first-order chi connectivity index (χ1) is 16.5. The van der Waals surface area contributed by atoms with Gasteiger partial charge in [0.05, 0.1) is 18.7 Å². The number of carbonyl (C=O) groups is 3. The van der Waals surface area contributed by atoms with E-state index < -0.39 is 12.1 Å². The summed E-state index contributed by atoms with van der Waals surface area (Å²) in [6.07, 6.45) is 2.14. The number of fused-ring (bicyclic) bond motifs is 3. The average Bonchev–Trinajstić information content (AvgIpc) is 3.41. The van der Waals surface area contributed by atoms with Gasteiger partial charge in [-0.25, -0.2) is 9.78 Å². The number of benzene rings is 2. The molecule has 1 aromatic heterocycles. The highest BCUT2D eigenvalue weighted by Crippen LogP contribution is 2.44. The van der Waals surface area contributed by atoms with Gasteiger partial charge in [-0.3, -0.25) is 9.59 Å². The molecule has 0 radical (unpaired) electrons. The fourth-order valence-corrected chi connectivity index (χ4v) is 4.58. The van der Waals surface area contributed by atoms with E-state index in [2.05, 4.69) is 39.9 Å². The minimum absolute atomic E-state index is 0.0126. The van der Waals surface area contributed by atoms with Crippen molar-refractivity contribution in [2.75, 3.05) is 13.2 Å². The lowest BCUT2D eigenvalue weighted by molar-refractivity contribution is -0.136. The minimum atomic E-state index is -0.951.